The Kier molecular flexibility index (Phi) is 2.99. The van der Waals surface area contributed by atoms with Crippen LogP contribution < -0.4 is 5.56 Å². The number of pyridine rings is 1. The van der Waals surface area contributed by atoms with Gasteiger partial charge < -0.3 is 4.98 Å². The lowest BCUT2D eigenvalue weighted by Crippen LogP contribution is -2.28. The van der Waals surface area contributed by atoms with E-state index in [9.17, 15) is 9.59 Å². The van der Waals surface area contributed by atoms with Crippen LogP contribution in [-0.4, -0.2) is 16.0 Å². The molecule has 84 valence electrons. The lowest BCUT2D eigenvalue weighted by Gasteiger charge is -2.20. The molecule has 1 unspecified atom stereocenters. The quantitative estimate of drug-likeness (QED) is 0.743. The average Bonchev–Trinajstić information content (AvgIpc) is 2.32. The van der Waals surface area contributed by atoms with Crippen molar-refractivity contribution in [3.63, 3.8) is 0 Å². The van der Waals surface area contributed by atoms with Crippen LogP contribution >= 0.6 is 11.8 Å². The molecular formula is C11H7N3O2S. The van der Waals surface area contributed by atoms with Crippen molar-refractivity contribution < 1.29 is 4.79 Å². The molecule has 0 radical (unpaired) electrons. The summed E-state index contributed by atoms with van der Waals surface area (Å²) in [4.78, 5) is 25.9. The number of nitrogens with zero attached hydrogens (tertiary/aromatic N) is 2. The smallest absolute Gasteiger partial charge is 0.266 e. The summed E-state index contributed by atoms with van der Waals surface area (Å²) in [7, 11) is 0. The molecule has 1 atom stereocenters. The van der Waals surface area contributed by atoms with E-state index in [4.69, 9.17) is 10.5 Å². The molecule has 1 aliphatic rings. The average molecular weight is 245 g/mol. The minimum Gasteiger partial charge on any atom is -0.324 e. The van der Waals surface area contributed by atoms with E-state index >= 15 is 0 Å². The first kappa shape index (κ1) is 11.4. The summed E-state index contributed by atoms with van der Waals surface area (Å²) in [6.45, 7) is 0. The van der Waals surface area contributed by atoms with Crippen LogP contribution in [0, 0.1) is 22.0 Å². The monoisotopic (exact) mass is 245 g/mol. The number of H-pyrrole nitrogens is 1. The van der Waals surface area contributed by atoms with E-state index in [1.165, 1.54) is 6.07 Å². The second kappa shape index (κ2) is 4.44. The van der Waals surface area contributed by atoms with Gasteiger partial charge in [0.25, 0.3) is 5.56 Å². The minimum absolute atomic E-state index is 0.0697. The standard InChI is InChI=1S/C11H7N3O2S/c12-4-6-3-7-8(14-11(6)16)1-2-9(10(7)15)17-5-13/h3,9H,1-2H2,(H,14,16). The Morgan fingerprint density at radius 1 is 1.41 bits per heavy atom. The summed E-state index contributed by atoms with van der Waals surface area (Å²) in [5, 5.41) is 18.8. The molecular weight excluding hydrogens is 238 g/mol. The number of hydrogen-bond acceptors (Lipinski definition) is 5. The third-order valence-corrected chi connectivity index (χ3v) is 3.49. The van der Waals surface area contributed by atoms with Gasteiger partial charge in [-0.1, -0.05) is 0 Å². The Balaban J connectivity index is 2.50. The zero-order chi connectivity index (χ0) is 12.4. The van der Waals surface area contributed by atoms with E-state index in [0.29, 0.717) is 24.1 Å². The molecule has 0 spiro atoms. The fraction of sp³-hybridized carbons (Fsp3) is 0.273. The number of aromatic amines is 1. The Bertz CT molecular complexity index is 621. The number of carbonyl (C=O) groups excluding carboxylic acids is 1. The van der Waals surface area contributed by atoms with Gasteiger partial charge in [-0.05, 0) is 30.7 Å². The fourth-order valence-electron chi connectivity index (χ4n) is 1.82. The second-order valence-corrected chi connectivity index (χ2v) is 4.60. The van der Waals surface area contributed by atoms with Gasteiger partial charge in [-0.25, -0.2) is 0 Å². The van der Waals surface area contributed by atoms with Gasteiger partial charge in [0.2, 0.25) is 0 Å². The highest BCUT2D eigenvalue weighted by atomic mass is 32.2. The van der Waals surface area contributed by atoms with Gasteiger partial charge >= 0.3 is 0 Å². The Morgan fingerprint density at radius 2 is 2.18 bits per heavy atom. The molecule has 1 aromatic heterocycles. The Morgan fingerprint density at radius 3 is 2.82 bits per heavy atom. The van der Waals surface area contributed by atoms with Crippen molar-refractivity contribution in [3.05, 3.63) is 33.2 Å². The molecule has 0 bridgehead atoms. The predicted octanol–water partition coefficient (Wildman–Crippen LogP) is 0.958. The number of nitriles is 2. The number of aromatic nitrogens is 1. The van der Waals surface area contributed by atoms with Crippen LogP contribution in [0.4, 0.5) is 0 Å². The molecule has 5 nitrogen and oxygen atoms in total. The fourth-order valence-corrected chi connectivity index (χ4v) is 2.42. The highest BCUT2D eigenvalue weighted by Gasteiger charge is 2.29. The zero-order valence-electron chi connectivity index (χ0n) is 8.69. The summed E-state index contributed by atoms with van der Waals surface area (Å²) in [5.74, 6) is -0.189. The minimum atomic E-state index is -0.467. The van der Waals surface area contributed by atoms with E-state index in [1.807, 2.05) is 5.40 Å². The molecule has 0 amide bonds. The Hall–Kier alpha value is -2.05. The first-order valence-electron chi connectivity index (χ1n) is 4.92. The second-order valence-electron chi connectivity index (χ2n) is 3.62. The maximum Gasteiger partial charge on any atom is 0.266 e. The van der Waals surface area contributed by atoms with Gasteiger partial charge in [-0.3, -0.25) is 9.59 Å². The van der Waals surface area contributed by atoms with Crippen molar-refractivity contribution in [3.8, 4) is 11.5 Å². The van der Waals surface area contributed by atoms with Crippen LogP contribution in [0.15, 0.2) is 10.9 Å². The van der Waals surface area contributed by atoms with E-state index < -0.39 is 10.8 Å². The molecule has 1 aromatic rings. The summed E-state index contributed by atoms with van der Waals surface area (Å²) in [6.07, 6.45) is 1.08. The van der Waals surface area contributed by atoms with Crippen LogP contribution in [0.5, 0.6) is 0 Å². The van der Waals surface area contributed by atoms with Gasteiger partial charge in [-0.2, -0.15) is 10.5 Å². The van der Waals surface area contributed by atoms with Gasteiger partial charge in [0, 0.05) is 11.3 Å². The van der Waals surface area contributed by atoms with Crippen LogP contribution in [0.2, 0.25) is 0 Å². The molecule has 0 aliphatic heterocycles. The number of hydrogen-bond donors (Lipinski definition) is 1. The van der Waals surface area contributed by atoms with Crippen molar-refractivity contribution in [1.82, 2.24) is 4.98 Å². The molecule has 6 heteroatoms. The first-order valence-corrected chi connectivity index (χ1v) is 5.80. The number of fused-ring (bicyclic) bond motifs is 1. The number of ketones is 1. The van der Waals surface area contributed by atoms with Crippen molar-refractivity contribution >= 4 is 17.5 Å². The van der Waals surface area contributed by atoms with Crippen molar-refractivity contribution in [2.45, 2.75) is 18.1 Å². The molecule has 1 aliphatic carbocycles. The Labute approximate surface area is 101 Å². The highest BCUT2D eigenvalue weighted by molar-refractivity contribution is 8.05. The van der Waals surface area contributed by atoms with Crippen molar-refractivity contribution in [2.24, 2.45) is 0 Å². The van der Waals surface area contributed by atoms with E-state index in [2.05, 4.69) is 4.98 Å². The number of rotatable bonds is 1. The third-order valence-electron chi connectivity index (χ3n) is 2.65. The maximum atomic E-state index is 12.0. The number of nitrogens with one attached hydrogen (secondary N) is 1. The summed E-state index contributed by atoms with van der Waals surface area (Å²) < 4.78 is 0. The van der Waals surface area contributed by atoms with Gasteiger partial charge in [0.1, 0.15) is 17.0 Å². The van der Waals surface area contributed by atoms with Crippen molar-refractivity contribution in [1.29, 1.82) is 10.5 Å². The third kappa shape index (κ3) is 1.95. The lowest BCUT2D eigenvalue weighted by molar-refractivity contribution is 0.0978. The molecule has 17 heavy (non-hydrogen) atoms. The number of Topliss-reactive ketones (excluding diaryl/α,β-unsaturated/α-hetero) is 1. The summed E-state index contributed by atoms with van der Waals surface area (Å²) in [5.41, 5.74) is 0.388. The maximum absolute atomic E-state index is 12.0. The molecule has 0 fully saturated rings. The number of thioether (sulfide) groups is 1. The van der Waals surface area contributed by atoms with Crippen molar-refractivity contribution in [2.75, 3.05) is 0 Å². The van der Waals surface area contributed by atoms with Gasteiger partial charge in [0.15, 0.2) is 5.78 Å². The van der Waals surface area contributed by atoms with Crippen LogP contribution in [-0.2, 0) is 6.42 Å². The topological polar surface area (TPSA) is 97.5 Å². The largest absolute Gasteiger partial charge is 0.324 e. The zero-order valence-corrected chi connectivity index (χ0v) is 9.50. The number of carbonyl (C=O) groups is 1. The lowest BCUT2D eigenvalue weighted by atomic mass is 9.93. The summed E-state index contributed by atoms with van der Waals surface area (Å²) in [6, 6.07) is 3.07. The van der Waals surface area contributed by atoms with E-state index in [0.717, 1.165) is 11.8 Å². The SMILES string of the molecule is N#CSC1CCc2[nH]c(=O)c(C#N)cc2C1=O. The first-order chi connectivity index (χ1) is 8.17. The van der Waals surface area contributed by atoms with Crippen LogP contribution in [0.25, 0.3) is 0 Å². The molecule has 1 N–H and O–H groups in total. The van der Waals surface area contributed by atoms with Crippen LogP contribution in [0.1, 0.15) is 28.0 Å². The predicted molar refractivity (Wildman–Crippen MR) is 61.4 cm³/mol. The van der Waals surface area contributed by atoms with Crippen LogP contribution in [0.3, 0.4) is 0 Å². The number of aryl methyl sites for hydroxylation is 1. The molecule has 0 saturated carbocycles. The molecule has 2 rings (SSSR count). The molecule has 0 saturated heterocycles. The van der Waals surface area contributed by atoms with E-state index in [1.54, 1.807) is 6.07 Å². The highest BCUT2D eigenvalue weighted by Crippen LogP contribution is 2.27. The number of thiocyanates is 1. The summed E-state index contributed by atoms with van der Waals surface area (Å²) >= 11 is 0.923. The van der Waals surface area contributed by atoms with Gasteiger partial charge in [0.05, 0.1) is 5.25 Å². The normalized spacial score (nSPS) is 18.0. The molecule has 0 aromatic carbocycles. The van der Waals surface area contributed by atoms with E-state index in [-0.39, 0.29) is 11.3 Å². The van der Waals surface area contributed by atoms with Gasteiger partial charge in [-0.15, -0.1) is 0 Å². The molecule has 1 heterocycles.